The minimum atomic E-state index is -1.27. The van der Waals surface area contributed by atoms with E-state index in [9.17, 15) is 13.6 Å². The van der Waals surface area contributed by atoms with E-state index >= 15 is 0 Å². The second kappa shape index (κ2) is 4.11. The fourth-order valence-corrected chi connectivity index (χ4v) is 1.33. The molecule has 76 valence electrons. The zero-order chi connectivity index (χ0) is 10.9. The molecular formula is C8H4Cl2F2O2. The number of methoxy groups -OCH3 is 1. The Balaban J connectivity index is 3.51. The van der Waals surface area contributed by atoms with Gasteiger partial charge in [0.15, 0.2) is 17.4 Å². The lowest BCUT2D eigenvalue weighted by atomic mass is 10.2. The van der Waals surface area contributed by atoms with Gasteiger partial charge in [-0.15, -0.1) is 0 Å². The lowest BCUT2D eigenvalue weighted by Gasteiger charge is -2.07. The largest absolute Gasteiger partial charge is 0.494 e. The maximum Gasteiger partial charge on any atom is 0.256 e. The van der Waals surface area contributed by atoms with Gasteiger partial charge in [-0.25, -0.2) is 8.78 Å². The topological polar surface area (TPSA) is 26.3 Å². The van der Waals surface area contributed by atoms with Gasteiger partial charge in [0, 0.05) is 0 Å². The zero-order valence-corrected chi connectivity index (χ0v) is 8.42. The fourth-order valence-electron chi connectivity index (χ4n) is 0.924. The summed E-state index contributed by atoms with van der Waals surface area (Å²) in [5, 5.41) is -1.57. The van der Waals surface area contributed by atoms with Gasteiger partial charge in [0.25, 0.3) is 5.24 Å². The van der Waals surface area contributed by atoms with Crippen LogP contribution >= 0.6 is 23.2 Å². The van der Waals surface area contributed by atoms with E-state index in [1.807, 2.05) is 0 Å². The average molecular weight is 241 g/mol. The van der Waals surface area contributed by atoms with Gasteiger partial charge in [-0.1, -0.05) is 11.6 Å². The summed E-state index contributed by atoms with van der Waals surface area (Å²) in [6, 6.07) is 0.634. The van der Waals surface area contributed by atoms with E-state index in [1.165, 1.54) is 7.11 Å². The number of rotatable bonds is 2. The van der Waals surface area contributed by atoms with Crippen molar-refractivity contribution in [2.75, 3.05) is 7.11 Å². The SMILES string of the molecule is COc1c(C(=O)Cl)cc(F)c(F)c1Cl. The molecule has 0 aromatic heterocycles. The lowest BCUT2D eigenvalue weighted by Crippen LogP contribution is -2.00. The molecule has 2 nitrogen and oxygen atoms in total. The van der Waals surface area contributed by atoms with E-state index in [2.05, 4.69) is 4.74 Å². The van der Waals surface area contributed by atoms with Crippen LogP contribution in [0.4, 0.5) is 8.78 Å². The first kappa shape index (κ1) is 11.2. The van der Waals surface area contributed by atoms with E-state index in [4.69, 9.17) is 23.2 Å². The molecule has 0 atom stereocenters. The van der Waals surface area contributed by atoms with Crippen LogP contribution in [0.2, 0.25) is 5.02 Å². The third-order valence-corrected chi connectivity index (χ3v) is 2.07. The van der Waals surface area contributed by atoms with Gasteiger partial charge >= 0.3 is 0 Å². The van der Waals surface area contributed by atoms with Gasteiger partial charge in [0.1, 0.15) is 5.02 Å². The van der Waals surface area contributed by atoms with Gasteiger partial charge in [0.05, 0.1) is 12.7 Å². The van der Waals surface area contributed by atoms with E-state index < -0.39 is 21.9 Å². The van der Waals surface area contributed by atoms with E-state index in [0.29, 0.717) is 6.07 Å². The highest BCUT2D eigenvalue weighted by molar-refractivity contribution is 6.68. The number of carbonyl (C=O) groups is 1. The number of halogens is 4. The van der Waals surface area contributed by atoms with Gasteiger partial charge in [0.2, 0.25) is 0 Å². The molecule has 0 spiro atoms. The van der Waals surface area contributed by atoms with Crippen LogP contribution in [-0.4, -0.2) is 12.4 Å². The normalized spacial score (nSPS) is 10.1. The Labute approximate surface area is 88.4 Å². The number of hydrogen-bond donors (Lipinski definition) is 0. The molecule has 0 aliphatic heterocycles. The maximum atomic E-state index is 12.9. The number of benzene rings is 1. The molecule has 0 aliphatic carbocycles. The summed E-state index contributed by atoms with van der Waals surface area (Å²) in [7, 11) is 1.17. The van der Waals surface area contributed by atoms with E-state index in [0.717, 1.165) is 0 Å². The molecule has 0 heterocycles. The quantitative estimate of drug-likeness (QED) is 0.587. The molecule has 1 rings (SSSR count). The highest BCUT2D eigenvalue weighted by atomic mass is 35.5. The monoisotopic (exact) mass is 240 g/mol. The van der Waals surface area contributed by atoms with Crippen molar-refractivity contribution in [3.63, 3.8) is 0 Å². The van der Waals surface area contributed by atoms with Crippen LogP contribution in [0.15, 0.2) is 6.07 Å². The highest BCUT2D eigenvalue weighted by Crippen LogP contribution is 2.33. The van der Waals surface area contributed by atoms with Crippen molar-refractivity contribution in [2.24, 2.45) is 0 Å². The number of carbonyl (C=O) groups excluding carboxylic acids is 1. The van der Waals surface area contributed by atoms with Crippen LogP contribution in [0.1, 0.15) is 10.4 Å². The van der Waals surface area contributed by atoms with Gasteiger partial charge < -0.3 is 4.74 Å². The van der Waals surface area contributed by atoms with Crippen molar-refractivity contribution in [3.05, 3.63) is 28.3 Å². The summed E-state index contributed by atoms with van der Waals surface area (Å²) in [6.45, 7) is 0. The second-order valence-electron chi connectivity index (χ2n) is 2.34. The van der Waals surface area contributed by atoms with Crippen LogP contribution in [0.3, 0.4) is 0 Å². The molecule has 0 saturated carbocycles. The molecule has 1 aromatic carbocycles. The minimum absolute atomic E-state index is 0.273. The summed E-state index contributed by atoms with van der Waals surface area (Å²) in [4.78, 5) is 10.8. The van der Waals surface area contributed by atoms with Crippen molar-refractivity contribution < 1.29 is 18.3 Å². The predicted octanol–water partition coefficient (Wildman–Crippen LogP) is 3.01. The van der Waals surface area contributed by atoms with Crippen molar-refractivity contribution in [2.45, 2.75) is 0 Å². The maximum absolute atomic E-state index is 12.9. The summed E-state index contributed by atoms with van der Waals surface area (Å²) < 4.78 is 30.3. The molecule has 0 amide bonds. The molecule has 0 unspecified atom stereocenters. The smallest absolute Gasteiger partial charge is 0.256 e. The van der Waals surface area contributed by atoms with Crippen LogP contribution in [-0.2, 0) is 0 Å². The molecule has 14 heavy (non-hydrogen) atoms. The molecule has 0 saturated heterocycles. The fraction of sp³-hybridized carbons (Fsp3) is 0.125. The average Bonchev–Trinajstić information content (AvgIpc) is 2.13. The molecular weight excluding hydrogens is 237 g/mol. The first-order valence-electron chi connectivity index (χ1n) is 3.40. The van der Waals surface area contributed by atoms with Gasteiger partial charge in [-0.2, -0.15) is 0 Å². The third-order valence-electron chi connectivity index (χ3n) is 1.53. The summed E-state index contributed by atoms with van der Waals surface area (Å²) in [5.74, 6) is -2.80. The van der Waals surface area contributed by atoms with E-state index in [1.54, 1.807) is 0 Å². The Hall–Kier alpha value is -0.870. The molecule has 0 N–H and O–H groups in total. The molecule has 0 fully saturated rings. The first-order valence-corrected chi connectivity index (χ1v) is 4.16. The molecule has 0 bridgehead atoms. The van der Waals surface area contributed by atoms with Crippen molar-refractivity contribution in [1.29, 1.82) is 0 Å². The first-order chi connectivity index (χ1) is 6.49. The molecule has 1 aromatic rings. The van der Waals surface area contributed by atoms with Crippen LogP contribution < -0.4 is 4.74 Å². The minimum Gasteiger partial charge on any atom is -0.494 e. The summed E-state index contributed by atoms with van der Waals surface area (Å²) >= 11 is 10.5. The Morgan fingerprint density at radius 1 is 1.50 bits per heavy atom. The highest BCUT2D eigenvalue weighted by Gasteiger charge is 2.20. The van der Waals surface area contributed by atoms with Crippen LogP contribution in [0, 0.1) is 11.6 Å². The van der Waals surface area contributed by atoms with Crippen molar-refractivity contribution >= 4 is 28.4 Å². The van der Waals surface area contributed by atoms with Gasteiger partial charge in [-0.3, -0.25) is 4.79 Å². The summed E-state index contributed by atoms with van der Waals surface area (Å²) in [5.41, 5.74) is -0.307. The lowest BCUT2D eigenvalue weighted by molar-refractivity contribution is 0.107. The molecule has 6 heteroatoms. The van der Waals surface area contributed by atoms with Crippen LogP contribution in [0.5, 0.6) is 5.75 Å². The van der Waals surface area contributed by atoms with Crippen LogP contribution in [0.25, 0.3) is 0 Å². The number of ether oxygens (including phenoxy) is 1. The van der Waals surface area contributed by atoms with Crippen molar-refractivity contribution in [3.8, 4) is 5.75 Å². The van der Waals surface area contributed by atoms with E-state index in [-0.39, 0.29) is 11.3 Å². The standard InChI is InChI=1S/C8H4Cl2F2O2/c1-14-7-3(8(10)13)2-4(11)6(12)5(7)9/h2H,1H3. The molecule has 0 aliphatic rings. The predicted molar refractivity (Wildman–Crippen MR) is 48.1 cm³/mol. The van der Waals surface area contributed by atoms with Crippen molar-refractivity contribution in [1.82, 2.24) is 0 Å². The Morgan fingerprint density at radius 3 is 2.50 bits per heavy atom. The Bertz CT molecular complexity index is 393. The molecule has 0 radical (unpaired) electrons. The zero-order valence-electron chi connectivity index (χ0n) is 6.91. The Kier molecular flexibility index (Phi) is 3.29. The third kappa shape index (κ3) is 1.81. The van der Waals surface area contributed by atoms with Gasteiger partial charge in [-0.05, 0) is 17.7 Å². The summed E-state index contributed by atoms with van der Waals surface area (Å²) in [6.07, 6.45) is 0. The number of hydrogen-bond acceptors (Lipinski definition) is 2. The Morgan fingerprint density at radius 2 is 2.07 bits per heavy atom. The second-order valence-corrected chi connectivity index (χ2v) is 3.06.